The van der Waals surface area contributed by atoms with Gasteiger partial charge in [-0.15, -0.1) is 0 Å². The van der Waals surface area contributed by atoms with Crippen LogP contribution in [0.5, 0.6) is 11.5 Å². The molecule has 2 heterocycles. The first-order valence-electron chi connectivity index (χ1n) is 10.4. The van der Waals surface area contributed by atoms with E-state index in [2.05, 4.69) is 26.8 Å². The molecule has 0 spiro atoms. The second-order valence-corrected chi connectivity index (χ2v) is 7.56. The van der Waals surface area contributed by atoms with Gasteiger partial charge < -0.3 is 18.6 Å². The van der Waals surface area contributed by atoms with E-state index in [1.807, 2.05) is 38.1 Å². The van der Waals surface area contributed by atoms with Gasteiger partial charge in [0.25, 0.3) is 5.89 Å². The maximum Gasteiger partial charge on any atom is 0.264 e. The summed E-state index contributed by atoms with van der Waals surface area (Å²) in [5.74, 6) is 2.17. The van der Waals surface area contributed by atoms with E-state index < -0.39 is 0 Å². The zero-order chi connectivity index (χ0) is 22.5. The molecule has 0 saturated heterocycles. The van der Waals surface area contributed by atoms with E-state index in [-0.39, 0.29) is 19.0 Å². The predicted molar refractivity (Wildman–Crippen MR) is 119 cm³/mol. The molecular weight excluding hydrogens is 406 g/mol. The Morgan fingerprint density at radius 2 is 1.66 bits per heavy atom. The van der Waals surface area contributed by atoms with Gasteiger partial charge in [-0.3, -0.25) is 4.79 Å². The minimum atomic E-state index is -0.0514. The van der Waals surface area contributed by atoms with Gasteiger partial charge in [-0.25, -0.2) is 0 Å². The highest BCUT2D eigenvalue weighted by Crippen LogP contribution is 2.21. The molecule has 0 aliphatic rings. The van der Waals surface area contributed by atoms with Crippen molar-refractivity contribution in [1.29, 1.82) is 0 Å². The topological polar surface area (TPSA) is 79.4 Å². The van der Waals surface area contributed by atoms with Crippen molar-refractivity contribution in [2.45, 2.75) is 33.9 Å². The van der Waals surface area contributed by atoms with Crippen LogP contribution in [0.2, 0.25) is 0 Å². The molecule has 7 nitrogen and oxygen atoms in total. The third-order valence-corrected chi connectivity index (χ3v) is 5.18. The molecule has 7 heteroatoms. The second kappa shape index (κ2) is 9.51. The van der Waals surface area contributed by atoms with Gasteiger partial charge in [0, 0.05) is 23.5 Å². The van der Waals surface area contributed by atoms with Crippen LogP contribution in [0, 0.1) is 20.8 Å². The molecule has 0 amide bonds. The molecule has 0 bridgehead atoms. The largest absolute Gasteiger partial charge is 0.485 e. The Kier molecular flexibility index (Phi) is 6.35. The number of carbonyl (C=O) groups excluding carboxylic acids is 1. The number of aryl methyl sites for hydroxylation is 2. The highest BCUT2D eigenvalue weighted by Gasteiger charge is 2.16. The lowest BCUT2D eigenvalue weighted by atomic mass is 10.1. The summed E-state index contributed by atoms with van der Waals surface area (Å²) in [6.07, 6.45) is 0. The van der Waals surface area contributed by atoms with Crippen molar-refractivity contribution in [1.82, 2.24) is 14.7 Å². The molecule has 164 valence electrons. The molecular formula is C25H25N3O4. The van der Waals surface area contributed by atoms with Gasteiger partial charge in [0.05, 0.1) is 0 Å². The molecule has 0 unspecified atom stereocenters. The van der Waals surface area contributed by atoms with Crippen molar-refractivity contribution in [3.63, 3.8) is 0 Å². The van der Waals surface area contributed by atoms with Crippen molar-refractivity contribution in [3.8, 4) is 11.5 Å². The fraction of sp³-hybridized carbons (Fsp3) is 0.240. The molecule has 0 saturated carbocycles. The van der Waals surface area contributed by atoms with E-state index in [1.165, 1.54) is 5.56 Å². The molecule has 0 aliphatic carbocycles. The van der Waals surface area contributed by atoms with Gasteiger partial charge >= 0.3 is 0 Å². The van der Waals surface area contributed by atoms with E-state index in [0.29, 0.717) is 28.8 Å². The number of rotatable bonds is 9. The molecule has 0 aliphatic heterocycles. The van der Waals surface area contributed by atoms with Gasteiger partial charge in [-0.1, -0.05) is 35.5 Å². The summed E-state index contributed by atoms with van der Waals surface area (Å²) in [5.41, 5.74) is 3.88. The Bertz CT molecular complexity index is 1190. The van der Waals surface area contributed by atoms with Crippen LogP contribution in [0.15, 0.2) is 65.2 Å². The fourth-order valence-corrected chi connectivity index (χ4v) is 3.50. The van der Waals surface area contributed by atoms with Gasteiger partial charge in [0.1, 0.15) is 11.5 Å². The summed E-state index contributed by atoms with van der Waals surface area (Å²) >= 11 is 0. The predicted octanol–water partition coefficient (Wildman–Crippen LogP) is 4.69. The normalized spacial score (nSPS) is 10.8. The smallest absolute Gasteiger partial charge is 0.264 e. The first kappa shape index (κ1) is 21.4. The molecule has 32 heavy (non-hydrogen) atoms. The minimum Gasteiger partial charge on any atom is -0.485 e. The van der Waals surface area contributed by atoms with E-state index in [0.717, 1.165) is 17.9 Å². The van der Waals surface area contributed by atoms with Gasteiger partial charge in [0.2, 0.25) is 5.78 Å². The Labute approximate surface area is 186 Å². The molecule has 0 N–H and O–H groups in total. The number of hydrogen-bond acceptors (Lipinski definition) is 6. The van der Waals surface area contributed by atoms with Gasteiger partial charge in [-0.05, 0) is 56.7 Å². The molecule has 0 radical (unpaired) electrons. The van der Waals surface area contributed by atoms with Gasteiger partial charge in [0.15, 0.2) is 19.0 Å². The summed E-state index contributed by atoms with van der Waals surface area (Å²) in [6, 6.07) is 19.2. The fourth-order valence-electron chi connectivity index (χ4n) is 3.50. The Morgan fingerprint density at radius 3 is 2.31 bits per heavy atom. The van der Waals surface area contributed by atoms with Crippen LogP contribution in [0.3, 0.4) is 0 Å². The summed E-state index contributed by atoms with van der Waals surface area (Å²) in [4.78, 5) is 16.9. The lowest BCUT2D eigenvalue weighted by Crippen LogP contribution is -2.13. The Hall–Kier alpha value is -3.87. The average molecular weight is 431 g/mol. The monoisotopic (exact) mass is 431 g/mol. The van der Waals surface area contributed by atoms with E-state index >= 15 is 0 Å². The standard InChI is InChI=1S/C25H25N3O4/c1-17-13-23(18(2)28(17)14-20-7-5-4-6-8-20)24(29)15-30-21-9-11-22(12-10-21)31-16-25-26-19(3)27-32-25/h4-13H,14-16H2,1-3H3. The molecule has 2 aromatic heterocycles. The average Bonchev–Trinajstić information content (AvgIpc) is 3.35. The van der Waals surface area contributed by atoms with Crippen molar-refractivity contribution >= 4 is 5.78 Å². The first-order valence-corrected chi connectivity index (χ1v) is 10.4. The van der Waals surface area contributed by atoms with E-state index in [4.69, 9.17) is 14.0 Å². The van der Waals surface area contributed by atoms with Crippen LogP contribution in [-0.2, 0) is 13.2 Å². The SMILES string of the molecule is Cc1noc(COc2ccc(OCC(=O)c3cc(C)n(Cc4ccccc4)c3C)cc2)n1. The Morgan fingerprint density at radius 1 is 0.969 bits per heavy atom. The van der Waals surface area contributed by atoms with Crippen LogP contribution in [0.4, 0.5) is 0 Å². The van der Waals surface area contributed by atoms with Crippen LogP contribution in [0.1, 0.15) is 39.0 Å². The van der Waals surface area contributed by atoms with Crippen LogP contribution < -0.4 is 9.47 Å². The number of ketones is 1. The molecule has 2 aromatic carbocycles. The van der Waals surface area contributed by atoms with E-state index in [9.17, 15) is 4.79 Å². The van der Waals surface area contributed by atoms with Crippen molar-refractivity contribution in [3.05, 3.63) is 94.9 Å². The van der Waals surface area contributed by atoms with Crippen molar-refractivity contribution in [2.24, 2.45) is 0 Å². The van der Waals surface area contributed by atoms with Crippen LogP contribution in [0.25, 0.3) is 0 Å². The van der Waals surface area contributed by atoms with Crippen molar-refractivity contribution < 1.29 is 18.8 Å². The highest BCUT2D eigenvalue weighted by molar-refractivity contribution is 5.98. The highest BCUT2D eigenvalue weighted by atomic mass is 16.5. The van der Waals surface area contributed by atoms with Crippen molar-refractivity contribution in [2.75, 3.05) is 6.61 Å². The number of nitrogens with zero attached hydrogens (tertiary/aromatic N) is 3. The van der Waals surface area contributed by atoms with E-state index in [1.54, 1.807) is 31.2 Å². The van der Waals surface area contributed by atoms with Gasteiger partial charge in [-0.2, -0.15) is 4.98 Å². The van der Waals surface area contributed by atoms with Crippen LogP contribution in [-0.4, -0.2) is 27.1 Å². The number of carbonyl (C=O) groups is 1. The number of Topliss-reactive ketones (excluding diaryl/α,β-unsaturated/α-hetero) is 1. The third-order valence-electron chi connectivity index (χ3n) is 5.18. The summed E-state index contributed by atoms with van der Waals surface area (Å²) in [6.45, 7) is 6.63. The number of hydrogen-bond donors (Lipinski definition) is 0. The lowest BCUT2D eigenvalue weighted by molar-refractivity contribution is 0.0920. The van der Waals surface area contributed by atoms with Crippen LogP contribution >= 0.6 is 0 Å². The maximum absolute atomic E-state index is 12.8. The summed E-state index contributed by atoms with van der Waals surface area (Å²) in [5, 5.41) is 3.72. The summed E-state index contributed by atoms with van der Waals surface area (Å²) < 4.78 is 18.5. The number of benzene rings is 2. The molecule has 4 rings (SSSR count). The zero-order valence-corrected chi connectivity index (χ0v) is 18.4. The zero-order valence-electron chi connectivity index (χ0n) is 18.4. The second-order valence-electron chi connectivity index (χ2n) is 7.56. The minimum absolute atomic E-state index is 0.0307. The summed E-state index contributed by atoms with van der Waals surface area (Å²) in [7, 11) is 0. The molecule has 0 fully saturated rings. The number of ether oxygens (including phenoxy) is 2. The quantitative estimate of drug-likeness (QED) is 0.358. The number of aromatic nitrogens is 3. The first-order chi connectivity index (χ1) is 15.5. The Balaban J connectivity index is 1.34. The lowest BCUT2D eigenvalue weighted by Gasteiger charge is -2.10. The third kappa shape index (κ3) is 5.06. The molecule has 4 aromatic rings. The molecule has 0 atom stereocenters. The maximum atomic E-state index is 12.8.